The average molecular weight is 519 g/mol. The first-order valence-electron chi connectivity index (χ1n) is 9.45. The number of carboxylic acid groups (broad SMARTS) is 2. The molecule has 0 aliphatic rings. The van der Waals surface area contributed by atoms with Gasteiger partial charge in [-0.2, -0.15) is 0 Å². The molecule has 0 saturated heterocycles. The van der Waals surface area contributed by atoms with E-state index in [2.05, 4.69) is 19.4 Å². The number of aliphatic carboxylic acids is 2. The summed E-state index contributed by atoms with van der Waals surface area (Å²) in [6, 6.07) is 0. The van der Waals surface area contributed by atoms with Crippen LogP contribution in [-0.2, 0) is 28.7 Å². The van der Waals surface area contributed by atoms with Gasteiger partial charge in [-0.15, -0.1) is 0 Å². The zero-order chi connectivity index (χ0) is 22.9. The van der Waals surface area contributed by atoms with E-state index in [1.54, 1.807) is 0 Å². The summed E-state index contributed by atoms with van der Waals surface area (Å²) >= 11 is 0.230. The zero-order valence-corrected chi connectivity index (χ0v) is 20.6. The number of esters is 2. The molecule has 0 aliphatic heterocycles. The van der Waals surface area contributed by atoms with E-state index in [1.807, 2.05) is 13.8 Å². The number of carbonyl (C=O) groups is 4. The monoisotopic (exact) mass is 520 g/mol. The van der Waals surface area contributed by atoms with Crippen LogP contribution in [0.15, 0.2) is 24.3 Å². The van der Waals surface area contributed by atoms with Crippen molar-refractivity contribution >= 4 is 45.0 Å². The fourth-order valence-electron chi connectivity index (χ4n) is 1.42. The average Bonchev–Trinajstić information content (AvgIpc) is 2.66. The normalized spacial score (nSPS) is 9.52. The van der Waals surface area contributed by atoms with Gasteiger partial charge in [-0.25, -0.2) is 9.59 Å². The third-order valence-corrected chi connectivity index (χ3v) is 2.70. The number of carbonyl (C=O) groups excluding carboxylic acids is 4. The van der Waals surface area contributed by atoms with Crippen LogP contribution >= 0.6 is 0 Å². The van der Waals surface area contributed by atoms with Crippen molar-refractivity contribution in [2.75, 3.05) is 13.2 Å². The van der Waals surface area contributed by atoms with E-state index >= 15 is 0 Å². The van der Waals surface area contributed by atoms with Gasteiger partial charge >= 0.3 is 43.0 Å². The molecule has 0 unspecified atom stereocenters. The predicted molar refractivity (Wildman–Crippen MR) is 107 cm³/mol. The summed E-state index contributed by atoms with van der Waals surface area (Å²) in [5.74, 6) is -4.07. The van der Waals surface area contributed by atoms with Gasteiger partial charge in [0, 0.05) is 12.2 Å². The van der Waals surface area contributed by atoms with Crippen LogP contribution in [0.4, 0.5) is 0 Å². The molecule has 29 heavy (non-hydrogen) atoms. The van der Waals surface area contributed by atoms with E-state index in [4.69, 9.17) is 0 Å². The summed E-state index contributed by atoms with van der Waals surface area (Å²) in [6.07, 6.45) is 8.71. The molecule has 0 rings (SSSR count). The third kappa shape index (κ3) is 37.6. The van der Waals surface area contributed by atoms with E-state index in [9.17, 15) is 29.4 Å². The van der Waals surface area contributed by atoms with Crippen molar-refractivity contribution in [2.24, 2.45) is 0 Å². The van der Waals surface area contributed by atoms with Crippen molar-refractivity contribution in [3.05, 3.63) is 24.3 Å². The van der Waals surface area contributed by atoms with E-state index in [0.29, 0.717) is 25.4 Å². The number of ether oxygens (including phenoxy) is 2. The van der Waals surface area contributed by atoms with Gasteiger partial charge in [0.05, 0.1) is 25.2 Å². The van der Waals surface area contributed by atoms with Crippen molar-refractivity contribution in [2.45, 2.75) is 62.3 Å². The van der Waals surface area contributed by atoms with Crippen LogP contribution in [0.3, 0.4) is 0 Å². The van der Waals surface area contributed by atoms with E-state index in [0.717, 1.165) is 50.7 Å². The summed E-state index contributed by atoms with van der Waals surface area (Å²) in [5.41, 5.74) is 0. The molecule has 0 amide bonds. The number of rotatable bonds is 12. The summed E-state index contributed by atoms with van der Waals surface area (Å²) in [7, 11) is 0. The van der Waals surface area contributed by atoms with Crippen LogP contribution in [0.25, 0.3) is 0 Å². The molecule has 0 aromatic heterocycles. The first-order chi connectivity index (χ1) is 13.7. The maximum atomic E-state index is 10.7. The van der Waals surface area contributed by atoms with Crippen molar-refractivity contribution in [3.63, 3.8) is 0 Å². The summed E-state index contributed by atoms with van der Waals surface area (Å²) < 4.78 is 9.36. The molecule has 0 aromatic carbocycles. The molecule has 0 atom stereocenters. The van der Waals surface area contributed by atoms with Gasteiger partial charge in [-0.05, 0) is 25.0 Å². The maximum absolute atomic E-state index is 10.7. The Labute approximate surface area is 183 Å². The molecule has 0 aliphatic carbocycles. The standard InChI is InChI=1S/2C9H14O4.2CH3.Sn/c2*1-2-3-4-7-13-9(12)6-5-8(10)11;;;/h2*5-6H,2-4,7H2,1H3,(H,10,11);2*1H3;/q;;;;+2/p-2/b2*6-5-;;;. The van der Waals surface area contributed by atoms with Gasteiger partial charge in [-0.3, -0.25) is 0 Å². The van der Waals surface area contributed by atoms with Gasteiger partial charge in [0.1, 0.15) is 0 Å². The van der Waals surface area contributed by atoms with Crippen LogP contribution in [0.1, 0.15) is 52.4 Å². The molecule has 0 N–H and O–H groups in total. The van der Waals surface area contributed by atoms with Gasteiger partial charge in [0.15, 0.2) is 0 Å². The SMILES string of the molecule is CCCCCOC(=O)/C=C\C(=O)[O-].CCCCCOC(=O)/C=C\C(=O)[O-].[CH3][Sn+2][CH3]. The van der Waals surface area contributed by atoms with E-state index < -0.39 is 23.9 Å². The Balaban J connectivity index is -0.000000410. The Morgan fingerprint density at radius 2 is 1.00 bits per heavy atom. The van der Waals surface area contributed by atoms with Crippen molar-refractivity contribution in [1.82, 2.24) is 0 Å². The van der Waals surface area contributed by atoms with Gasteiger partial charge in [0.2, 0.25) is 0 Å². The fraction of sp³-hybridized carbons (Fsp3) is 0.600. The van der Waals surface area contributed by atoms with Crippen LogP contribution < -0.4 is 10.2 Å². The van der Waals surface area contributed by atoms with Crippen molar-refractivity contribution < 1.29 is 38.9 Å². The number of carboxylic acids is 2. The predicted octanol–water partition coefficient (Wildman–Crippen LogP) is 0.839. The second-order valence-electron chi connectivity index (χ2n) is 5.55. The number of hydrogen-bond donors (Lipinski definition) is 0. The zero-order valence-electron chi connectivity index (χ0n) is 17.7. The van der Waals surface area contributed by atoms with Crippen LogP contribution in [0.2, 0.25) is 9.88 Å². The molecule has 0 spiro atoms. The molecule has 0 bridgehead atoms. The molecule has 0 radical (unpaired) electrons. The molecule has 0 fully saturated rings. The molecule has 9 heteroatoms. The second-order valence-corrected chi connectivity index (χ2v) is 8.41. The van der Waals surface area contributed by atoms with Crippen LogP contribution in [-0.4, -0.2) is 58.2 Å². The molecule has 0 aromatic rings. The summed E-state index contributed by atoms with van der Waals surface area (Å²) in [5, 5.41) is 19.7. The van der Waals surface area contributed by atoms with Gasteiger partial charge in [-0.1, -0.05) is 39.5 Å². The quantitative estimate of drug-likeness (QED) is 0.160. The molecular weight excluding hydrogens is 487 g/mol. The summed E-state index contributed by atoms with van der Waals surface area (Å²) in [4.78, 5) is 45.8. The Morgan fingerprint density at radius 1 is 0.690 bits per heavy atom. The van der Waals surface area contributed by atoms with Crippen LogP contribution in [0.5, 0.6) is 0 Å². The van der Waals surface area contributed by atoms with Crippen molar-refractivity contribution in [3.8, 4) is 0 Å². The van der Waals surface area contributed by atoms with Gasteiger partial charge < -0.3 is 29.3 Å². The minimum atomic E-state index is -1.40. The molecule has 8 nitrogen and oxygen atoms in total. The molecule has 164 valence electrons. The van der Waals surface area contributed by atoms with Gasteiger partial charge in [0.25, 0.3) is 0 Å². The Hall–Kier alpha value is -1.84. The fourth-order valence-corrected chi connectivity index (χ4v) is 1.42. The molecular formula is C20H32O8Sn. The molecule has 0 heterocycles. The van der Waals surface area contributed by atoms with Crippen LogP contribution in [0, 0.1) is 0 Å². The van der Waals surface area contributed by atoms with E-state index in [1.165, 1.54) is 0 Å². The summed E-state index contributed by atoms with van der Waals surface area (Å²) in [6.45, 7) is 4.75. The first kappa shape index (κ1) is 31.8. The topological polar surface area (TPSA) is 133 Å². The Kier molecular flexibility index (Phi) is 28.7. The Bertz CT molecular complexity index is 457. The third-order valence-electron chi connectivity index (χ3n) is 2.70. The van der Waals surface area contributed by atoms with E-state index in [-0.39, 0.29) is 21.1 Å². The first-order valence-corrected chi connectivity index (χ1v) is 15.2. The number of unbranched alkanes of at least 4 members (excludes halogenated alkanes) is 4. The molecule has 0 saturated carbocycles. The van der Waals surface area contributed by atoms with Crippen molar-refractivity contribution in [1.29, 1.82) is 0 Å². The Morgan fingerprint density at radius 3 is 1.24 bits per heavy atom. The second kappa shape index (κ2) is 26.2. The number of hydrogen-bond acceptors (Lipinski definition) is 8. The minimum absolute atomic E-state index is 0.230.